The second-order valence-electron chi connectivity index (χ2n) is 11.2. The maximum Gasteiger partial charge on any atom is 0.132 e. The summed E-state index contributed by atoms with van der Waals surface area (Å²) in [5.41, 5.74) is 3.58. The Labute approximate surface area is 269 Å². The molecule has 0 bridgehead atoms. The van der Waals surface area contributed by atoms with Gasteiger partial charge in [-0.15, -0.1) is 6.58 Å². The largest absolute Gasteiger partial charge is 0.377 e. The van der Waals surface area contributed by atoms with Gasteiger partial charge in [0.15, 0.2) is 0 Å². The van der Waals surface area contributed by atoms with Gasteiger partial charge in [0.25, 0.3) is 0 Å². The molecule has 4 nitrogen and oxygen atoms in total. The Bertz CT molecular complexity index is 827. The number of para-hydroxylation sites is 1. The van der Waals surface area contributed by atoms with Crippen molar-refractivity contribution in [3.63, 3.8) is 0 Å². The zero-order valence-corrected chi connectivity index (χ0v) is 30.8. The van der Waals surface area contributed by atoms with E-state index in [1.807, 2.05) is 27.7 Å². The minimum absolute atomic E-state index is 0.400. The van der Waals surface area contributed by atoms with Crippen LogP contribution in [0, 0.1) is 30.6 Å². The minimum Gasteiger partial charge on any atom is -0.377 e. The summed E-state index contributed by atoms with van der Waals surface area (Å²) in [6.45, 7) is 26.8. The fourth-order valence-electron chi connectivity index (χ4n) is 3.95. The highest BCUT2D eigenvalue weighted by Crippen LogP contribution is 2.22. The number of benzene rings is 1. The van der Waals surface area contributed by atoms with E-state index in [-0.39, 0.29) is 0 Å². The summed E-state index contributed by atoms with van der Waals surface area (Å²) < 4.78 is 6.10. The van der Waals surface area contributed by atoms with E-state index in [9.17, 15) is 4.79 Å². The van der Waals surface area contributed by atoms with Crippen molar-refractivity contribution in [2.45, 2.75) is 146 Å². The first kappa shape index (κ1) is 47.5. The van der Waals surface area contributed by atoms with Crippen LogP contribution < -0.4 is 4.90 Å². The number of allylic oxidation sites excluding steroid dienone is 1. The number of hydrogen-bond donors (Lipinski definition) is 0. The van der Waals surface area contributed by atoms with Gasteiger partial charge in [0.1, 0.15) is 12.1 Å². The first-order valence-electron chi connectivity index (χ1n) is 16.8. The molecule has 0 fully saturated rings. The van der Waals surface area contributed by atoms with Crippen molar-refractivity contribution in [2.75, 3.05) is 25.6 Å². The van der Waals surface area contributed by atoms with Gasteiger partial charge < -0.3 is 14.4 Å². The second-order valence-corrected chi connectivity index (χ2v) is 11.2. The number of anilines is 1. The zero-order chi connectivity index (χ0) is 34.1. The average Bonchev–Trinajstić information content (AvgIpc) is 2.96. The number of ether oxygens (including phenoxy) is 1. The summed E-state index contributed by atoms with van der Waals surface area (Å²) in [7, 11) is 4.15. The summed E-state index contributed by atoms with van der Waals surface area (Å²) in [6.07, 6.45) is 13.4. The van der Waals surface area contributed by atoms with Crippen molar-refractivity contribution in [2.24, 2.45) is 11.8 Å². The quantitative estimate of drug-likeness (QED) is 0.0868. The molecule has 1 aromatic rings. The van der Waals surface area contributed by atoms with Gasteiger partial charge in [-0.1, -0.05) is 98.3 Å². The van der Waals surface area contributed by atoms with Crippen LogP contribution in [-0.2, 0) is 14.3 Å². The molecule has 0 saturated heterocycles. The molecule has 1 rings (SSSR count). The van der Waals surface area contributed by atoms with Gasteiger partial charge in [-0.25, -0.2) is 0 Å². The molecule has 0 radical (unpaired) electrons. The lowest BCUT2D eigenvalue weighted by molar-refractivity contribution is -0.119. The van der Waals surface area contributed by atoms with Crippen LogP contribution in [0.25, 0.3) is 0 Å². The van der Waals surface area contributed by atoms with Crippen LogP contribution in [0.4, 0.5) is 5.69 Å². The summed E-state index contributed by atoms with van der Waals surface area (Å²) >= 11 is 0. The maximum atomic E-state index is 10.9. The predicted molar refractivity (Wildman–Crippen MR) is 193 cm³/mol. The number of ketones is 1. The Morgan fingerprint density at radius 3 is 2.02 bits per heavy atom. The Hall–Kier alpha value is -2.38. The number of aryl methyl sites for hydroxylation is 1. The first-order valence-corrected chi connectivity index (χ1v) is 16.8. The third-order valence-electron chi connectivity index (χ3n) is 6.31. The van der Waals surface area contributed by atoms with Gasteiger partial charge in [0.2, 0.25) is 0 Å². The smallest absolute Gasteiger partial charge is 0.132 e. The van der Waals surface area contributed by atoms with Gasteiger partial charge in [-0.3, -0.25) is 4.79 Å². The highest BCUT2D eigenvalue weighted by molar-refractivity contribution is 5.78. The molecule has 43 heavy (non-hydrogen) atoms. The van der Waals surface area contributed by atoms with Crippen molar-refractivity contribution in [1.82, 2.24) is 0 Å². The van der Waals surface area contributed by atoms with Crippen LogP contribution in [0.2, 0.25) is 0 Å². The predicted octanol–water partition coefficient (Wildman–Crippen LogP) is 11.0. The fraction of sp³-hybridized carbons (Fsp3) is 0.692. The molecule has 0 amide bonds. The van der Waals surface area contributed by atoms with E-state index in [1.54, 1.807) is 6.08 Å². The Balaban J connectivity index is -0.000000348. The minimum atomic E-state index is 0.400. The van der Waals surface area contributed by atoms with Crippen molar-refractivity contribution >= 4 is 17.8 Å². The van der Waals surface area contributed by atoms with E-state index >= 15 is 0 Å². The van der Waals surface area contributed by atoms with Gasteiger partial charge >= 0.3 is 0 Å². The normalized spacial score (nSPS) is 10.7. The van der Waals surface area contributed by atoms with Crippen molar-refractivity contribution in [1.29, 1.82) is 0 Å². The van der Waals surface area contributed by atoms with Crippen molar-refractivity contribution in [3.8, 4) is 11.8 Å². The molecule has 2 unspecified atom stereocenters. The van der Waals surface area contributed by atoms with Gasteiger partial charge in [0.05, 0.1) is 18.4 Å². The van der Waals surface area contributed by atoms with Crippen LogP contribution >= 0.6 is 0 Å². The molecular formula is C39H71NO3. The highest BCUT2D eigenvalue weighted by Gasteiger charge is 2.10. The van der Waals surface area contributed by atoms with E-state index in [4.69, 9.17) is 9.53 Å². The van der Waals surface area contributed by atoms with Gasteiger partial charge in [0, 0.05) is 38.9 Å². The molecule has 0 spiro atoms. The van der Waals surface area contributed by atoms with E-state index < -0.39 is 0 Å². The van der Waals surface area contributed by atoms with E-state index in [0.29, 0.717) is 17.8 Å². The lowest BCUT2D eigenvalue weighted by Crippen LogP contribution is -2.15. The van der Waals surface area contributed by atoms with E-state index in [2.05, 4.69) is 97.2 Å². The van der Waals surface area contributed by atoms with E-state index in [0.717, 1.165) is 62.9 Å². The number of aldehydes is 1. The standard InChI is InChI=1S/C23H37NO.C9H18O.C3H6.C2H4O.C2H6/c1-7-12-22(17-16-19(3)8-2)25-18-10-9-14-21-15-11-13-20(4)23(21)24(5)6;1-4-5-9(10)7-6-8(2)3;1-3-2;1-2-3;1-2/h11,13,15,19,22H,7-8,10,12,16-18H2,1-6H3;8H,4-7H2,1-3H3;3H,1H2,2H3;2H,1H3;1-2H3. The number of nitrogens with zero attached hydrogens (tertiary/aromatic N) is 1. The molecule has 4 heteroatoms. The number of rotatable bonds is 15. The molecule has 0 aliphatic carbocycles. The molecule has 2 atom stereocenters. The molecule has 0 heterocycles. The van der Waals surface area contributed by atoms with Crippen molar-refractivity contribution < 1.29 is 14.3 Å². The van der Waals surface area contributed by atoms with Crippen LogP contribution in [0.15, 0.2) is 30.9 Å². The van der Waals surface area contributed by atoms with Crippen LogP contribution in [0.1, 0.15) is 145 Å². The van der Waals surface area contributed by atoms with Crippen LogP contribution in [0.5, 0.6) is 0 Å². The third kappa shape index (κ3) is 32.4. The maximum absolute atomic E-state index is 10.9. The molecule has 250 valence electrons. The molecule has 0 saturated carbocycles. The van der Waals surface area contributed by atoms with E-state index in [1.165, 1.54) is 43.9 Å². The lowest BCUT2D eigenvalue weighted by atomic mass is 9.99. The Kier molecular flexibility index (Phi) is 39.6. The summed E-state index contributed by atoms with van der Waals surface area (Å²) in [5.74, 6) is 8.52. The summed E-state index contributed by atoms with van der Waals surface area (Å²) in [5, 5.41) is 0. The number of carbonyl (C=O) groups is 2. The van der Waals surface area contributed by atoms with Gasteiger partial charge in [-0.2, -0.15) is 0 Å². The third-order valence-corrected chi connectivity index (χ3v) is 6.31. The topological polar surface area (TPSA) is 46.6 Å². The Morgan fingerprint density at radius 1 is 0.977 bits per heavy atom. The number of carbonyl (C=O) groups excluding carboxylic acids is 2. The monoisotopic (exact) mass is 602 g/mol. The second kappa shape index (κ2) is 35.8. The number of Topliss-reactive ketones (excluding diaryl/α,β-unsaturated/α-hetero) is 1. The lowest BCUT2D eigenvalue weighted by Gasteiger charge is -2.18. The highest BCUT2D eigenvalue weighted by atomic mass is 16.5. The average molecular weight is 602 g/mol. The van der Waals surface area contributed by atoms with Gasteiger partial charge in [-0.05, 0) is 76.3 Å². The van der Waals surface area contributed by atoms with Crippen molar-refractivity contribution in [3.05, 3.63) is 42.0 Å². The number of hydrogen-bond acceptors (Lipinski definition) is 4. The Morgan fingerprint density at radius 2 is 1.56 bits per heavy atom. The molecule has 0 N–H and O–H groups in total. The van der Waals surface area contributed by atoms with Crippen LogP contribution in [-0.4, -0.2) is 38.9 Å². The molecule has 1 aromatic carbocycles. The molecule has 0 aromatic heterocycles. The summed E-state index contributed by atoms with van der Waals surface area (Å²) in [4.78, 5) is 21.9. The zero-order valence-electron chi connectivity index (χ0n) is 30.8. The molecule has 0 aliphatic rings. The van der Waals surface area contributed by atoms with Crippen LogP contribution in [0.3, 0.4) is 0 Å². The SMILES string of the molecule is C=CC.CC.CC=O.CCCC(=O)CCC(C)C.CCCC(CCC(C)CC)OCCC#Cc1cccc(C)c1N(C)C. The fourth-order valence-corrected chi connectivity index (χ4v) is 3.95. The summed E-state index contributed by atoms with van der Waals surface area (Å²) in [6, 6.07) is 6.31. The molecular weight excluding hydrogens is 530 g/mol. The molecule has 0 aliphatic heterocycles. The first-order chi connectivity index (χ1) is 20.5.